The van der Waals surface area contributed by atoms with Crippen LogP contribution in [-0.2, 0) is 6.42 Å². The first kappa shape index (κ1) is 28.2. The van der Waals surface area contributed by atoms with E-state index in [1.54, 1.807) is 30.5 Å². The molecule has 1 aliphatic rings. The molecule has 0 unspecified atom stereocenters. The Balaban J connectivity index is 1.20. The van der Waals surface area contributed by atoms with Crippen molar-refractivity contribution in [3.63, 3.8) is 0 Å². The molecule has 1 aromatic heterocycles. The molecule has 0 radical (unpaired) electrons. The number of rotatable bonds is 7. The fourth-order valence-electron chi connectivity index (χ4n) is 5.40. The van der Waals surface area contributed by atoms with Crippen molar-refractivity contribution >= 4 is 17.5 Å². The van der Waals surface area contributed by atoms with Crippen LogP contribution >= 0.6 is 0 Å². The zero-order valence-corrected chi connectivity index (χ0v) is 23.9. The molecule has 2 heterocycles. The van der Waals surface area contributed by atoms with Crippen molar-refractivity contribution in [3.05, 3.63) is 119 Å². The van der Waals surface area contributed by atoms with Gasteiger partial charge in [0.1, 0.15) is 5.82 Å². The third kappa shape index (κ3) is 6.88. The summed E-state index contributed by atoms with van der Waals surface area (Å²) >= 11 is 0. The molecule has 2 amide bonds. The van der Waals surface area contributed by atoms with E-state index >= 15 is 0 Å². The first-order chi connectivity index (χ1) is 19.8. The van der Waals surface area contributed by atoms with Gasteiger partial charge in [0.25, 0.3) is 11.8 Å². The molecule has 0 bridgehead atoms. The number of amides is 2. The molecular formula is C35H36FN3O2. The number of likely N-dealkylation sites (tertiary alicyclic amines) is 1. The Morgan fingerprint density at radius 2 is 1.66 bits per heavy atom. The fourth-order valence-corrected chi connectivity index (χ4v) is 5.40. The maximum absolute atomic E-state index is 13.6. The lowest BCUT2D eigenvalue weighted by molar-refractivity contribution is 0.0712. The number of anilines is 1. The van der Waals surface area contributed by atoms with Crippen molar-refractivity contribution in [1.29, 1.82) is 0 Å². The minimum absolute atomic E-state index is 0.0277. The van der Waals surface area contributed by atoms with E-state index in [4.69, 9.17) is 0 Å². The molecule has 0 aliphatic carbocycles. The van der Waals surface area contributed by atoms with Gasteiger partial charge in [-0.1, -0.05) is 56.3 Å². The lowest BCUT2D eigenvalue weighted by Gasteiger charge is -2.32. The highest BCUT2D eigenvalue weighted by Gasteiger charge is 2.25. The van der Waals surface area contributed by atoms with E-state index in [1.807, 2.05) is 48.2 Å². The van der Waals surface area contributed by atoms with Gasteiger partial charge in [0.15, 0.2) is 0 Å². The van der Waals surface area contributed by atoms with Crippen molar-refractivity contribution < 1.29 is 14.0 Å². The van der Waals surface area contributed by atoms with Crippen LogP contribution in [0.4, 0.5) is 10.1 Å². The summed E-state index contributed by atoms with van der Waals surface area (Å²) in [5, 5.41) is 2.96. The number of hydrogen-bond acceptors (Lipinski definition) is 3. The van der Waals surface area contributed by atoms with Crippen molar-refractivity contribution in [2.45, 2.75) is 46.0 Å². The lowest BCUT2D eigenvalue weighted by Crippen LogP contribution is -2.38. The number of nitrogens with zero attached hydrogens (tertiary/aromatic N) is 2. The van der Waals surface area contributed by atoms with E-state index in [-0.39, 0.29) is 17.6 Å². The first-order valence-electron chi connectivity index (χ1n) is 14.3. The average Bonchev–Trinajstić information content (AvgIpc) is 2.98. The Bertz CT molecular complexity index is 1520. The van der Waals surface area contributed by atoms with Gasteiger partial charge in [-0.2, -0.15) is 0 Å². The van der Waals surface area contributed by atoms with E-state index in [0.29, 0.717) is 41.7 Å². The molecule has 0 saturated carbocycles. The monoisotopic (exact) mass is 549 g/mol. The Labute approximate surface area is 241 Å². The van der Waals surface area contributed by atoms with Crippen molar-refractivity contribution in [2.75, 3.05) is 18.4 Å². The van der Waals surface area contributed by atoms with Gasteiger partial charge < -0.3 is 10.2 Å². The minimum Gasteiger partial charge on any atom is -0.339 e. The zero-order valence-electron chi connectivity index (χ0n) is 23.9. The van der Waals surface area contributed by atoms with Crippen LogP contribution in [0.1, 0.15) is 70.1 Å². The average molecular weight is 550 g/mol. The van der Waals surface area contributed by atoms with Crippen LogP contribution in [0.2, 0.25) is 0 Å². The minimum atomic E-state index is -0.245. The number of aromatic nitrogens is 1. The molecule has 0 atom stereocenters. The predicted molar refractivity (Wildman–Crippen MR) is 162 cm³/mol. The summed E-state index contributed by atoms with van der Waals surface area (Å²) in [6, 6.07) is 24.1. The molecule has 4 aromatic rings. The number of piperidine rings is 1. The number of nitrogens with one attached hydrogen (secondary N) is 1. The van der Waals surface area contributed by atoms with E-state index in [2.05, 4.69) is 36.3 Å². The van der Waals surface area contributed by atoms with E-state index in [0.717, 1.165) is 41.6 Å². The molecule has 0 spiro atoms. The summed E-state index contributed by atoms with van der Waals surface area (Å²) < 4.78 is 13.6. The Morgan fingerprint density at radius 3 is 2.32 bits per heavy atom. The normalized spacial score (nSPS) is 13.8. The highest BCUT2D eigenvalue weighted by Crippen LogP contribution is 2.31. The summed E-state index contributed by atoms with van der Waals surface area (Å²) in [5.41, 5.74) is 6.62. The molecule has 5 nitrogen and oxygen atoms in total. The molecular weight excluding hydrogens is 513 g/mol. The Hall–Kier alpha value is -4.32. The van der Waals surface area contributed by atoms with Crippen LogP contribution in [0.15, 0.2) is 85.1 Å². The summed E-state index contributed by atoms with van der Waals surface area (Å²) in [7, 11) is 0. The molecule has 1 fully saturated rings. The lowest BCUT2D eigenvalue weighted by atomic mass is 9.88. The third-order valence-electron chi connectivity index (χ3n) is 7.76. The zero-order chi connectivity index (χ0) is 28.9. The number of hydrogen-bond donors (Lipinski definition) is 1. The van der Waals surface area contributed by atoms with Crippen molar-refractivity contribution in [1.82, 2.24) is 9.88 Å². The van der Waals surface area contributed by atoms with Crippen LogP contribution in [0.5, 0.6) is 0 Å². The molecule has 6 heteroatoms. The van der Waals surface area contributed by atoms with Crippen LogP contribution in [0, 0.1) is 18.7 Å². The maximum atomic E-state index is 13.6. The third-order valence-corrected chi connectivity index (χ3v) is 7.76. The second kappa shape index (κ2) is 12.5. The van der Waals surface area contributed by atoms with E-state index < -0.39 is 0 Å². The van der Waals surface area contributed by atoms with Gasteiger partial charge in [0.05, 0.1) is 5.56 Å². The molecule has 1 saturated heterocycles. The van der Waals surface area contributed by atoms with Crippen LogP contribution < -0.4 is 5.32 Å². The van der Waals surface area contributed by atoms with Gasteiger partial charge in [0.2, 0.25) is 0 Å². The standard InChI is InChI=1S/C35H36FN3O2/c1-23(2)19-32-14-13-30(22-37-32)34(40)38-33-21-29(8-7-24(33)3)35(41)39-17-15-27(16-18-39)25-9-11-26(12-10-25)28-5-4-6-31(36)20-28/h4-14,20-23,27H,15-19H2,1-3H3,(H,38,40). The highest BCUT2D eigenvalue weighted by molar-refractivity contribution is 6.05. The van der Waals surface area contributed by atoms with Crippen molar-refractivity contribution in [2.24, 2.45) is 5.92 Å². The van der Waals surface area contributed by atoms with Crippen LogP contribution in [0.25, 0.3) is 11.1 Å². The number of carbonyl (C=O) groups excluding carboxylic acids is 2. The number of pyridine rings is 1. The number of halogens is 1. The summed E-state index contributed by atoms with van der Waals surface area (Å²) in [6.45, 7) is 7.52. The summed E-state index contributed by atoms with van der Waals surface area (Å²) in [6.07, 6.45) is 4.22. The fraction of sp³-hybridized carbons (Fsp3) is 0.286. The van der Waals surface area contributed by atoms with E-state index in [1.165, 1.54) is 11.6 Å². The number of benzene rings is 3. The molecule has 1 N–H and O–H groups in total. The summed E-state index contributed by atoms with van der Waals surface area (Å²) in [5.74, 6) is 0.353. The largest absolute Gasteiger partial charge is 0.339 e. The molecule has 1 aliphatic heterocycles. The van der Waals surface area contributed by atoms with Gasteiger partial charge in [-0.05, 0) is 96.7 Å². The Morgan fingerprint density at radius 1 is 0.927 bits per heavy atom. The predicted octanol–water partition coefficient (Wildman–Crippen LogP) is 7.67. The van der Waals surface area contributed by atoms with Gasteiger partial charge in [0, 0.05) is 36.2 Å². The number of carbonyl (C=O) groups is 2. The first-order valence-corrected chi connectivity index (χ1v) is 14.3. The quantitative estimate of drug-likeness (QED) is 0.257. The molecule has 5 rings (SSSR count). The van der Waals surface area contributed by atoms with Gasteiger partial charge >= 0.3 is 0 Å². The summed E-state index contributed by atoms with van der Waals surface area (Å²) in [4.78, 5) is 32.6. The Kier molecular flexibility index (Phi) is 8.58. The second-order valence-corrected chi connectivity index (χ2v) is 11.3. The van der Waals surface area contributed by atoms with Crippen LogP contribution in [0.3, 0.4) is 0 Å². The molecule has 3 aromatic carbocycles. The highest BCUT2D eigenvalue weighted by atomic mass is 19.1. The maximum Gasteiger partial charge on any atom is 0.257 e. The van der Waals surface area contributed by atoms with Gasteiger partial charge in [-0.3, -0.25) is 14.6 Å². The molecule has 41 heavy (non-hydrogen) atoms. The second-order valence-electron chi connectivity index (χ2n) is 11.3. The van der Waals surface area contributed by atoms with E-state index in [9.17, 15) is 14.0 Å². The smallest absolute Gasteiger partial charge is 0.257 e. The van der Waals surface area contributed by atoms with Gasteiger partial charge in [-0.15, -0.1) is 0 Å². The molecule has 210 valence electrons. The topological polar surface area (TPSA) is 62.3 Å². The van der Waals surface area contributed by atoms with Crippen molar-refractivity contribution in [3.8, 4) is 11.1 Å². The number of aryl methyl sites for hydroxylation is 1. The van der Waals surface area contributed by atoms with Crippen LogP contribution in [-0.4, -0.2) is 34.8 Å². The van der Waals surface area contributed by atoms with Gasteiger partial charge in [-0.25, -0.2) is 4.39 Å². The SMILES string of the molecule is Cc1ccc(C(=O)N2CCC(c3ccc(-c4cccc(F)c4)cc3)CC2)cc1NC(=O)c1ccc(CC(C)C)nc1.